The van der Waals surface area contributed by atoms with Crippen molar-refractivity contribution in [3.8, 4) is 0 Å². The molecule has 14 heavy (non-hydrogen) atoms. The molecule has 0 aromatic carbocycles. The highest BCUT2D eigenvalue weighted by atomic mass is 16.1. The van der Waals surface area contributed by atoms with Gasteiger partial charge in [0.1, 0.15) is 6.29 Å². The molecule has 0 aliphatic heterocycles. The van der Waals surface area contributed by atoms with Crippen molar-refractivity contribution < 1.29 is 4.79 Å². The van der Waals surface area contributed by atoms with Crippen LogP contribution in [0, 0.1) is 11.8 Å². The lowest BCUT2D eigenvalue weighted by Gasteiger charge is -2.13. The molecule has 0 fully saturated rings. The van der Waals surface area contributed by atoms with Gasteiger partial charge in [-0.3, -0.25) is 0 Å². The third kappa shape index (κ3) is 7.11. The fourth-order valence-corrected chi connectivity index (χ4v) is 1.72. The van der Waals surface area contributed by atoms with Crippen molar-refractivity contribution in [2.75, 3.05) is 0 Å². The summed E-state index contributed by atoms with van der Waals surface area (Å²) in [6.07, 6.45) is 10.1. The summed E-state index contributed by atoms with van der Waals surface area (Å²) < 4.78 is 0. The normalized spacial score (nSPS) is 13.1. The van der Waals surface area contributed by atoms with Crippen molar-refractivity contribution in [2.24, 2.45) is 11.8 Å². The summed E-state index contributed by atoms with van der Waals surface area (Å²) >= 11 is 0. The highest BCUT2D eigenvalue weighted by molar-refractivity contribution is 5.53. The molecule has 1 atom stereocenters. The summed E-state index contributed by atoms with van der Waals surface area (Å²) in [5.41, 5.74) is 0. The van der Waals surface area contributed by atoms with E-state index in [1.807, 2.05) is 0 Å². The summed E-state index contributed by atoms with van der Waals surface area (Å²) in [5, 5.41) is 0. The molecule has 0 aliphatic carbocycles. The Labute approximate surface area is 89.3 Å². The zero-order valence-electron chi connectivity index (χ0n) is 10.1. The summed E-state index contributed by atoms with van der Waals surface area (Å²) in [7, 11) is 0. The van der Waals surface area contributed by atoms with Crippen LogP contribution in [-0.4, -0.2) is 6.29 Å². The van der Waals surface area contributed by atoms with E-state index in [1.54, 1.807) is 0 Å². The van der Waals surface area contributed by atoms with E-state index < -0.39 is 0 Å². The van der Waals surface area contributed by atoms with Gasteiger partial charge in [0.25, 0.3) is 0 Å². The van der Waals surface area contributed by atoms with Gasteiger partial charge in [-0.25, -0.2) is 0 Å². The third-order valence-corrected chi connectivity index (χ3v) is 2.92. The second-order valence-corrected chi connectivity index (χ2v) is 4.60. The molecule has 84 valence electrons. The molecule has 0 bridgehead atoms. The first-order valence-electron chi connectivity index (χ1n) is 6.17. The average molecular weight is 198 g/mol. The molecule has 0 radical (unpaired) electrons. The highest BCUT2D eigenvalue weighted by Gasteiger charge is 2.10. The van der Waals surface area contributed by atoms with Gasteiger partial charge in [-0.1, -0.05) is 59.3 Å². The lowest BCUT2D eigenvalue weighted by Crippen LogP contribution is -2.09. The van der Waals surface area contributed by atoms with E-state index in [2.05, 4.69) is 20.8 Å². The van der Waals surface area contributed by atoms with E-state index in [4.69, 9.17) is 0 Å². The van der Waals surface area contributed by atoms with Crippen molar-refractivity contribution in [1.82, 2.24) is 0 Å². The van der Waals surface area contributed by atoms with Crippen LogP contribution in [0.15, 0.2) is 0 Å². The van der Waals surface area contributed by atoms with Crippen LogP contribution < -0.4 is 0 Å². The van der Waals surface area contributed by atoms with Crippen molar-refractivity contribution >= 4 is 6.29 Å². The molecule has 0 N–H and O–H groups in total. The second kappa shape index (κ2) is 9.23. The molecule has 0 saturated heterocycles. The summed E-state index contributed by atoms with van der Waals surface area (Å²) in [6, 6.07) is 0. The number of aldehydes is 1. The van der Waals surface area contributed by atoms with E-state index in [1.165, 1.54) is 38.5 Å². The number of rotatable bonds is 9. The maximum Gasteiger partial charge on any atom is 0.123 e. The van der Waals surface area contributed by atoms with Crippen molar-refractivity contribution in [1.29, 1.82) is 0 Å². The van der Waals surface area contributed by atoms with E-state index in [-0.39, 0.29) is 0 Å². The summed E-state index contributed by atoms with van der Waals surface area (Å²) in [4.78, 5) is 10.7. The van der Waals surface area contributed by atoms with Crippen molar-refractivity contribution in [3.05, 3.63) is 0 Å². The first-order chi connectivity index (χ1) is 6.72. The molecule has 0 aliphatic rings. The first-order valence-corrected chi connectivity index (χ1v) is 6.17. The van der Waals surface area contributed by atoms with Gasteiger partial charge in [-0.05, 0) is 12.3 Å². The minimum atomic E-state index is 0.293. The molecule has 0 aromatic heterocycles. The number of hydrogen-bond donors (Lipinski definition) is 0. The smallest absolute Gasteiger partial charge is 0.123 e. The molecule has 0 amide bonds. The standard InChI is InChI=1S/C13H26O/c1-4-5-6-7-8-9-10-13(11-14)12(2)3/h11-13H,4-10H2,1-3H3. The second-order valence-electron chi connectivity index (χ2n) is 4.60. The largest absolute Gasteiger partial charge is 0.303 e. The van der Waals surface area contributed by atoms with Crippen LogP contribution >= 0.6 is 0 Å². The third-order valence-electron chi connectivity index (χ3n) is 2.92. The topological polar surface area (TPSA) is 17.1 Å². The van der Waals surface area contributed by atoms with Gasteiger partial charge in [0.15, 0.2) is 0 Å². The van der Waals surface area contributed by atoms with Crippen molar-refractivity contribution in [2.45, 2.75) is 65.7 Å². The maximum absolute atomic E-state index is 10.7. The molecule has 0 rings (SSSR count). The quantitative estimate of drug-likeness (QED) is 0.400. The number of carbonyl (C=O) groups excluding carboxylic acids is 1. The molecule has 0 saturated carbocycles. The Morgan fingerprint density at radius 3 is 2.07 bits per heavy atom. The minimum absolute atomic E-state index is 0.293. The summed E-state index contributed by atoms with van der Waals surface area (Å²) in [5.74, 6) is 0.810. The van der Waals surface area contributed by atoms with Crippen LogP contribution in [0.3, 0.4) is 0 Å². The van der Waals surface area contributed by atoms with E-state index >= 15 is 0 Å². The molecule has 0 heterocycles. The van der Waals surface area contributed by atoms with E-state index in [9.17, 15) is 4.79 Å². The lowest BCUT2D eigenvalue weighted by atomic mass is 9.91. The van der Waals surface area contributed by atoms with Crippen LogP contribution in [0.4, 0.5) is 0 Å². The molecular formula is C13H26O. The van der Waals surface area contributed by atoms with Crippen LogP contribution in [0.1, 0.15) is 65.7 Å². The number of unbranched alkanes of at least 4 members (excludes halogenated alkanes) is 5. The molecule has 1 nitrogen and oxygen atoms in total. The Kier molecular flexibility index (Phi) is 9.02. The van der Waals surface area contributed by atoms with Gasteiger partial charge in [-0.2, -0.15) is 0 Å². The molecule has 1 heteroatoms. The van der Waals surface area contributed by atoms with Gasteiger partial charge >= 0.3 is 0 Å². The Bertz CT molecular complexity index is 129. The zero-order chi connectivity index (χ0) is 10.8. The van der Waals surface area contributed by atoms with Crippen LogP contribution in [-0.2, 0) is 4.79 Å². The van der Waals surface area contributed by atoms with Gasteiger partial charge < -0.3 is 4.79 Å². The van der Waals surface area contributed by atoms with Crippen LogP contribution in [0.25, 0.3) is 0 Å². The Hall–Kier alpha value is -0.330. The molecular weight excluding hydrogens is 172 g/mol. The summed E-state index contributed by atoms with van der Waals surface area (Å²) in [6.45, 7) is 6.51. The first kappa shape index (κ1) is 13.7. The predicted molar refractivity (Wildman–Crippen MR) is 62.4 cm³/mol. The number of carbonyl (C=O) groups is 1. The van der Waals surface area contributed by atoms with Crippen LogP contribution in [0.5, 0.6) is 0 Å². The average Bonchev–Trinajstić information content (AvgIpc) is 2.16. The van der Waals surface area contributed by atoms with E-state index in [0.717, 1.165) is 12.7 Å². The Morgan fingerprint density at radius 2 is 1.57 bits per heavy atom. The van der Waals surface area contributed by atoms with E-state index in [0.29, 0.717) is 11.8 Å². The Morgan fingerprint density at radius 1 is 1.00 bits per heavy atom. The van der Waals surface area contributed by atoms with Crippen LogP contribution in [0.2, 0.25) is 0 Å². The molecule has 0 aromatic rings. The SMILES string of the molecule is CCCCCCCCC(C=O)C(C)C. The number of hydrogen-bond acceptors (Lipinski definition) is 1. The predicted octanol–water partition coefficient (Wildman–Crippen LogP) is 4.21. The van der Waals surface area contributed by atoms with Crippen molar-refractivity contribution in [3.63, 3.8) is 0 Å². The highest BCUT2D eigenvalue weighted by Crippen LogP contribution is 2.17. The van der Waals surface area contributed by atoms with Gasteiger partial charge in [0, 0.05) is 5.92 Å². The monoisotopic (exact) mass is 198 g/mol. The van der Waals surface area contributed by atoms with Gasteiger partial charge in [0.2, 0.25) is 0 Å². The molecule has 1 unspecified atom stereocenters. The lowest BCUT2D eigenvalue weighted by molar-refractivity contribution is -0.112. The minimum Gasteiger partial charge on any atom is -0.303 e. The van der Waals surface area contributed by atoms with Gasteiger partial charge in [0.05, 0.1) is 0 Å². The molecule has 0 spiro atoms. The van der Waals surface area contributed by atoms with Gasteiger partial charge in [-0.15, -0.1) is 0 Å². The zero-order valence-corrected chi connectivity index (χ0v) is 10.1. The fourth-order valence-electron chi connectivity index (χ4n) is 1.72. The Balaban J connectivity index is 3.29. The maximum atomic E-state index is 10.7. The fraction of sp³-hybridized carbons (Fsp3) is 0.923.